The number of aryl methyl sites for hydroxylation is 1. The molecule has 3 rings (SSSR count). The summed E-state index contributed by atoms with van der Waals surface area (Å²) in [6.07, 6.45) is 0.627. The highest BCUT2D eigenvalue weighted by atomic mass is 16.3. The summed E-state index contributed by atoms with van der Waals surface area (Å²) in [7, 11) is 0. The summed E-state index contributed by atoms with van der Waals surface area (Å²) in [5.41, 5.74) is 3.96. The summed E-state index contributed by atoms with van der Waals surface area (Å²) >= 11 is 0. The van der Waals surface area contributed by atoms with Crippen LogP contribution in [0.5, 0.6) is 5.75 Å². The number of phenolic OH excluding ortho intramolecular Hbond substituents is 1. The minimum absolute atomic E-state index is 0.316. The molecular formula is C17H16N2O. The van der Waals surface area contributed by atoms with Crippen molar-refractivity contribution < 1.29 is 5.11 Å². The number of aromatic nitrogens is 2. The summed E-state index contributed by atoms with van der Waals surface area (Å²) in [4.78, 5) is 7.96. The van der Waals surface area contributed by atoms with Crippen LogP contribution in [0.2, 0.25) is 0 Å². The second-order valence-electron chi connectivity index (χ2n) is 4.83. The molecule has 2 N–H and O–H groups in total. The Bertz CT molecular complexity index is 717. The minimum Gasteiger partial charge on any atom is -0.508 e. The van der Waals surface area contributed by atoms with Crippen molar-refractivity contribution in [2.24, 2.45) is 0 Å². The van der Waals surface area contributed by atoms with Crippen molar-refractivity contribution in [2.45, 2.75) is 13.3 Å². The van der Waals surface area contributed by atoms with Crippen molar-refractivity contribution in [3.63, 3.8) is 0 Å². The van der Waals surface area contributed by atoms with Gasteiger partial charge in [0.2, 0.25) is 0 Å². The van der Waals surface area contributed by atoms with Crippen molar-refractivity contribution in [2.75, 3.05) is 0 Å². The molecule has 0 atom stereocenters. The second kappa shape index (κ2) is 5.21. The third-order valence-electron chi connectivity index (χ3n) is 3.38. The first kappa shape index (κ1) is 12.5. The molecule has 0 aliphatic carbocycles. The van der Waals surface area contributed by atoms with E-state index >= 15 is 0 Å². The van der Waals surface area contributed by atoms with Crippen LogP contribution in [0.15, 0.2) is 54.6 Å². The number of aromatic hydroxyl groups is 1. The summed E-state index contributed by atoms with van der Waals surface area (Å²) in [5.74, 6) is 1.18. The zero-order valence-corrected chi connectivity index (χ0v) is 11.3. The standard InChI is InChI=1S/C17H16N2O/c1-12-15(11-14-9-5-6-10-16(14)20)19-17(18-12)13-7-3-2-4-8-13/h2-10,20H,11H2,1H3,(H,18,19). The number of nitrogens with zero attached hydrogens (tertiary/aromatic N) is 1. The largest absolute Gasteiger partial charge is 0.508 e. The van der Waals surface area contributed by atoms with E-state index in [4.69, 9.17) is 0 Å². The molecule has 20 heavy (non-hydrogen) atoms. The number of para-hydroxylation sites is 1. The lowest BCUT2D eigenvalue weighted by Crippen LogP contribution is -1.91. The molecule has 0 bridgehead atoms. The highest BCUT2D eigenvalue weighted by molar-refractivity contribution is 5.56. The molecule has 3 nitrogen and oxygen atoms in total. The lowest BCUT2D eigenvalue weighted by molar-refractivity contribution is 0.469. The average Bonchev–Trinajstić information content (AvgIpc) is 2.84. The fourth-order valence-electron chi connectivity index (χ4n) is 2.24. The minimum atomic E-state index is 0.316. The van der Waals surface area contributed by atoms with Crippen LogP contribution < -0.4 is 0 Å². The molecule has 2 aromatic carbocycles. The van der Waals surface area contributed by atoms with Crippen molar-refractivity contribution in [3.8, 4) is 17.1 Å². The van der Waals surface area contributed by atoms with E-state index in [1.54, 1.807) is 6.07 Å². The molecule has 3 aromatic rings. The number of hydrogen-bond donors (Lipinski definition) is 2. The lowest BCUT2D eigenvalue weighted by Gasteiger charge is -2.02. The third kappa shape index (κ3) is 2.43. The van der Waals surface area contributed by atoms with E-state index in [9.17, 15) is 5.11 Å². The Kier molecular flexibility index (Phi) is 3.25. The Hall–Kier alpha value is -2.55. The molecule has 0 radical (unpaired) electrons. The monoisotopic (exact) mass is 264 g/mol. The molecule has 0 spiro atoms. The maximum atomic E-state index is 9.85. The second-order valence-corrected chi connectivity index (χ2v) is 4.83. The topological polar surface area (TPSA) is 48.9 Å². The van der Waals surface area contributed by atoms with Gasteiger partial charge in [0.25, 0.3) is 0 Å². The van der Waals surface area contributed by atoms with Gasteiger partial charge in [0.05, 0.1) is 5.69 Å². The number of aromatic amines is 1. The molecule has 100 valence electrons. The van der Waals surface area contributed by atoms with E-state index < -0.39 is 0 Å². The van der Waals surface area contributed by atoms with E-state index in [0.29, 0.717) is 12.2 Å². The Labute approximate surface area is 117 Å². The van der Waals surface area contributed by atoms with Gasteiger partial charge in [-0.05, 0) is 18.6 Å². The van der Waals surface area contributed by atoms with Gasteiger partial charge in [-0.1, -0.05) is 48.5 Å². The van der Waals surface area contributed by atoms with Crippen LogP contribution in [0.3, 0.4) is 0 Å². The molecular weight excluding hydrogens is 248 g/mol. The van der Waals surface area contributed by atoms with Crippen LogP contribution >= 0.6 is 0 Å². The van der Waals surface area contributed by atoms with E-state index in [1.165, 1.54) is 0 Å². The Morgan fingerprint density at radius 3 is 2.45 bits per heavy atom. The molecule has 0 saturated carbocycles. The van der Waals surface area contributed by atoms with Crippen LogP contribution in [0, 0.1) is 6.92 Å². The number of hydrogen-bond acceptors (Lipinski definition) is 2. The van der Waals surface area contributed by atoms with Crippen molar-refractivity contribution in [1.82, 2.24) is 9.97 Å². The Morgan fingerprint density at radius 1 is 1.00 bits per heavy atom. The number of benzene rings is 2. The van der Waals surface area contributed by atoms with Gasteiger partial charge in [0, 0.05) is 17.7 Å². The lowest BCUT2D eigenvalue weighted by atomic mass is 10.1. The molecule has 0 saturated heterocycles. The SMILES string of the molecule is Cc1[nH]c(-c2ccccc2)nc1Cc1ccccc1O. The Balaban J connectivity index is 1.92. The molecule has 3 heteroatoms. The van der Waals surface area contributed by atoms with E-state index in [0.717, 1.165) is 28.3 Å². The van der Waals surface area contributed by atoms with E-state index in [-0.39, 0.29) is 0 Å². The van der Waals surface area contributed by atoms with Crippen molar-refractivity contribution >= 4 is 0 Å². The van der Waals surface area contributed by atoms with Gasteiger partial charge in [0.1, 0.15) is 11.6 Å². The summed E-state index contributed by atoms with van der Waals surface area (Å²) in [6.45, 7) is 2.01. The zero-order valence-electron chi connectivity index (χ0n) is 11.3. The first-order valence-electron chi connectivity index (χ1n) is 6.62. The van der Waals surface area contributed by atoms with Crippen molar-refractivity contribution in [3.05, 3.63) is 71.5 Å². The van der Waals surface area contributed by atoms with Gasteiger partial charge in [-0.25, -0.2) is 4.98 Å². The van der Waals surface area contributed by atoms with Gasteiger partial charge >= 0.3 is 0 Å². The molecule has 0 unspecified atom stereocenters. The van der Waals surface area contributed by atoms with Gasteiger partial charge in [0.15, 0.2) is 0 Å². The third-order valence-corrected chi connectivity index (χ3v) is 3.38. The number of rotatable bonds is 3. The fourth-order valence-corrected chi connectivity index (χ4v) is 2.24. The summed E-state index contributed by atoms with van der Waals surface area (Å²) in [5, 5.41) is 9.85. The number of nitrogens with one attached hydrogen (secondary N) is 1. The smallest absolute Gasteiger partial charge is 0.137 e. The predicted octanol–water partition coefficient (Wildman–Crippen LogP) is 3.68. The molecule has 0 amide bonds. The van der Waals surface area contributed by atoms with Crippen LogP contribution in [0.25, 0.3) is 11.4 Å². The van der Waals surface area contributed by atoms with Crippen LogP contribution in [0.4, 0.5) is 0 Å². The first-order chi connectivity index (χ1) is 9.74. The number of phenols is 1. The fraction of sp³-hybridized carbons (Fsp3) is 0.118. The van der Waals surface area contributed by atoms with Crippen LogP contribution in [-0.4, -0.2) is 15.1 Å². The number of imidazole rings is 1. The predicted molar refractivity (Wildman–Crippen MR) is 79.7 cm³/mol. The summed E-state index contributed by atoms with van der Waals surface area (Å²) < 4.78 is 0. The molecule has 0 fully saturated rings. The van der Waals surface area contributed by atoms with Crippen LogP contribution in [0.1, 0.15) is 17.0 Å². The Morgan fingerprint density at radius 2 is 1.70 bits per heavy atom. The normalized spacial score (nSPS) is 10.7. The maximum Gasteiger partial charge on any atom is 0.137 e. The van der Waals surface area contributed by atoms with Crippen molar-refractivity contribution in [1.29, 1.82) is 0 Å². The quantitative estimate of drug-likeness (QED) is 0.758. The van der Waals surface area contributed by atoms with Gasteiger partial charge < -0.3 is 10.1 Å². The highest BCUT2D eigenvalue weighted by Gasteiger charge is 2.10. The van der Waals surface area contributed by atoms with Gasteiger partial charge in [-0.3, -0.25) is 0 Å². The zero-order chi connectivity index (χ0) is 13.9. The molecule has 1 heterocycles. The van der Waals surface area contributed by atoms with E-state index in [2.05, 4.69) is 9.97 Å². The molecule has 1 aromatic heterocycles. The average molecular weight is 264 g/mol. The maximum absolute atomic E-state index is 9.85. The molecule has 0 aliphatic heterocycles. The van der Waals surface area contributed by atoms with E-state index in [1.807, 2.05) is 55.5 Å². The summed E-state index contributed by atoms with van der Waals surface area (Å²) in [6, 6.07) is 17.4. The molecule has 0 aliphatic rings. The highest BCUT2D eigenvalue weighted by Crippen LogP contribution is 2.23. The van der Waals surface area contributed by atoms with Crippen LogP contribution in [-0.2, 0) is 6.42 Å². The van der Waals surface area contributed by atoms with Gasteiger partial charge in [-0.2, -0.15) is 0 Å². The number of H-pyrrole nitrogens is 1. The van der Waals surface area contributed by atoms with Gasteiger partial charge in [-0.15, -0.1) is 0 Å². The first-order valence-corrected chi connectivity index (χ1v) is 6.62.